The summed E-state index contributed by atoms with van der Waals surface area (Å²) in [5.41, 5.74) is 0. The summed E-state index contributed by atoms with van der Waals surface area (Å²) in [5, 5.41) is 4.32. The van der Waals surface area contributed by atoms with E-state index in [0.717, 1.165) is 23.8 Å². The number of aromatic nitrogens is 2. The predicted molar refractivity (Wildman–Crippen MR) is 61.8 cm³/mol. The maximum absolute atomic E-state index is 4.42. The van der Waals surface area contributed by atoms with Crippen molar-refractivity contribution in [2.24, 2.45) is 5.92 Å². The van der Waals surface area contributed by atoms with Crippen LogP contribution in [0.15, 0.2) is 0 Å². The number of aryl methyl sites for hydroxylation is 1. The first-order valence-electron chi connectivity index (χ1n) is 5.22. The molecule has 14 heavy (non-hydrogen) atoms. The van der Waals surface area contributed by atoms with E-state index in [1.54, 1.807) is 0 Å². The first-order chi connectivity index (χ1) is 6.63. The van der Waals surface area contributed by atoms with Gasteiger partial charge in [0, 0.05) is 24.0 Å². The number of anilines is 1. The lowest BCUT2D eigenvalue weighted by Gasteiger charge is -2.15. The van der Waals surface area contributed by atoms with E-state index in [-0.39, 0.29) is 0 Å². The molecule has 0 bridgehead atoms. The van der Waals surface area contributed by atoms with Gasteiger partial charge in [-0.3, -0.25) is 0 Å². The molecule has 0 saturated carbocycles. The molecule has 1 atom stereocenters. The Morgan fingerprint density at radius 3 is 2.64 bits per heavy atom. The van der Waals surface area contributed by atoms with E-state index in [9.17, 15) is 0 Å². The van der Waals surface area contributed by atoms with Crippen molar-refractivity contribution in [3.05, 3.63) is 5.82 Å². The molecule has 0 radical (unpaired) electrons. The normalized spacial score (nSPS) is 13.2. The SMILES string of the molecule is CCCc1nsc(NC(C)C(C)C)n1. The third-order valence-electron chi connectivity index (χ3n) is 2.29. The van der Waals surface area contributed by atoms with Gasteiger partial charge in [-0.2, -0.15) is 4.37 Å². The van der Waals surface area contributed by atoms with E-state index in [4.69, 9.17) is 0 Å². The number of nitrogens with one attached hydrogen (secondary N) is 1. The molecular formula is C10H19N3S. The van der Waals surface area contributed by atoms with Crippen LogP contribution >= 0.6 is 11.5 Å². The molecule has 0 aliphatic heterocycles. The van der Waals surface area contributed by atoms with Crippen LogP contribution in [0.2, 0.25) is 0 Å². The topological polar surface area (TPSA) is 37.8 Å². The van der Waals surface area contributed by atoms with E-state index in [1.807, 2.05) is 0 Å². The molecule has 80 valence electrons. The van der Waals surface area contributed by atoms with Crippen LogP contribution in [0.1, 0.15) is 39.9 Å². The van der Waals surface area contributed by atoms with Crippen LogP contribution in [0, 0.1) is 5.92 Å². The van der Waals surface area contributed by atoms with Crippen molar-refractivity contribution in [1.82, 2.24) is 9.36 Å². The first-order valence-corrected chi connectivity index (χ1v) is 6.00. The molecule has 0 fully saturated rings. The van der Waals surface area contributed by atoms with Gasteiger partial charge in [-0.25, -0.2) is 4.98 Å². The van der Waals surface area contributed by atoms with Crippen LogP contribution in [0.25, 0.3) is 0 Å². The van der Waals surface area contributed by atoms with Gasteiger partial charge in [0.15, 0.2) is 0 Å². The molecule has 0 saturated heterocycles. The van der Waals surface area contributed by atoms with Gasteiger partial charge in [-0.05, 0) is 19.3 Å². The highest BCUT2D eigenvalue weighted by molar-refractivity contribution is 7.09. The summed E-state index contributed by atoms with van der Waals surface area (Å²) in [6, 6.07) is 0.456. The number of hydrogen-bond acceptors (Lipinski definition) is 4. The molecule has 0 aliphatic carbocycles. The Hall–Kier alpha value is -0.640. The van der Waals surface area contributed by atoms with Crippen molar-refractivity contribution in [3.8, 4) is 0 Å². The minimum Gasteiger partial charge on any atom is -0.358 e. The maximum Gasteiger partial charge on any atom is 0.202 e. The van der Waals surface area contributed by atoms with E-state index >= 15 is 0 Å². The molecule has 0 amide bonds. The van der Waals surface area contributed by atoms with E-state index < -0.39 is 0 Å². The van der Waals surface area contributed by atoms with Gasteiger partial charge in [-0.15, -0.1) is 0 Å². The van der Waals surface area contributed by atoms with E-state index in [1.165, 1.54) is 11.5 Å². The molecule has 1 heterocycles. The third-order valence-corrected chi connectivity index (χ3v) is 2.98. The van der Waals surface area contributed by atoms with Crippen LogP contribution in [-0.4, -0.2) is 15.4 Å². The lowest BCUT2D eigenvalue weighted by Crippen LogP contribution is -2.21. The fraction of sp³-hybridized carbons (Fsp3) is 0.800. The number of nitrogens with zero attached hydrogens (tertiary/aromatic N) is 2. The Balaban J connectivity index is 2.50. The molecule has 3 nitrogen and oxygen atoms in total. The van der Waals surface area contributed by atoms with E-state index in [0.29, 0.717) is 12.0 Å². The average Bonchev–Trinajstić information content (AvgIpc) is 2.53. The molecule has 1 rings (SSSR count). The second-order valence-corrected chi connectivity index (χ2v) is 4.69. The van der Waals surface area contributed by atoms with Gasteiger partial charge in [0.05, 0.1) is 0 Å². The Morgan fingerprint density at radius 1 is 1.36 bits per heavy atom. The van der Waals surface area contributed by atoms with E-state index in [2.05, 4.69) is 42.4 Å². The van der Waals surface area contributed by atoms with Crippen molar-refractivity contribution in [1.29, 1.82) is 0 Å². The summed E-state index contributed by atoms with van der Waals surface area (Å²) in [6.07, 6.45) is 2.09. The first kappa shape index (κ1) is 11.4. The zero-order valence-electron chi connectivity index (χ0n) is 9.37. The maximum atomic E-state index is 4.42. The summed E-state index contributed by atoms with van der Waals surface area (Å²) in [4.78, 5) is 4.42. The summed E-state index contributed by atoms with van der Waals surface area (Å²) in [7, 11) is 0. The second-order valence-electron chi connectivity index (χ2n) is 3.94. The largest absolute Gasteiger partial charge is 0.358 e. The molecule has 0 spiro atoms. The highest BCUT2D eigenvalue weighted by Crippen LogP contribution is 2.15. The van der Waals surface area contributed by atoms with Gasteiger partial charge in [0.25, 0.3) is 0 Å². The lowest BCUT2D eigenvalue weighted by molar-refractivity contribution is 0.559. The highest BCUT2D eigenvalue weighted by atomic mass is 32.1. The Labute approximate surface area is 90.1 Å². The smallest absolute Gasteiger partial charge is 0.202 e. The molecule has 1 aromatic rings. The highest BCUT2D eigenvalue weighted by Gasteiger charge is 2.09. The minimum absolute atomic E-state index is 0.456. The van der Waals surface area contributed by atoms with Gasteiger partial charge in [0.1, 0.15) is 5.82 Å². The van der Waals surface area contributed by atoms with Gasteiger partial charge in [-0.1, -0.05) is 20.8 Å². The van der Waals surface area contributed by atoms with Crippen molar-refractivity contribution >= 4 is 16.7 Å². The van der Waals surface area contributed by atoms with Crippen LogP contribution in [0.5, 0.6) is 0 Å². The summed E-state index contributed by atoms with van der Waals surface area (Å²) < 4.78 is 4.29. The summed E-state index contributed by atoms with van der Waals surface area (Å²) >= 11 is 1.46. The average molecular weight is 213 g/mol. The zero-order valence-corrected chi connectivity index (χ0v) is 10.2. The Morgan fingerprint density at radius 2 is 2.07 bits per heavy atom. The predicted octanol–water partition coefficient (Wildman–Crippen LogP) is 2.95. The summed E-state index contributed by atoms with van der Waals surface area (Å²) in [6.45, 7) is 8.72. The van der Waals surface area contributed by atoms with Crippen molar-refractivity contribution in [2.75, 3.05) is 5.32 Å². The second kappa shape index (κ2) is 5.29. The van der Waals surface area contributed by atoms with Crippen molar-refractivity contribution < 1.29 is 0 Å². The summed E-state index contributed by atoms with van der Waals surface area (Å²) in [5.74, 6) is 1.59. The Bertz CT molecular complexity index is 270. The van der Waals surface area contributed by atoms with Gasteiger partial charge >= 0.3 is 0 Å². The monoisotopic (exact) mass is 213 g/mol. The lowest BCUT2D eigenvalue weighted by atomic mass is 10.1. The van der Waals surface area contributed by atoms with Gasteiger partial charge < -0.3 is 5.32 Å². The molecule has 0 aliphatic rings. The molecule has 4 heteroatoms. The fourth-order valence-electron chi connectivity index (χ4n) is 0.999. The van der Waals surface area contributed by atoms with Crippen LogP contribution in [0.3, 0.4) is 0 Å². The molecule has 1 N–H and O–H groups in total. The number of rotatable bonds is 5. The Kier molecular flexibility index (Phi) is 4.32. The van der Waals surface area contributed by atoms with Crippen LogP contribution in [-0.2, 0) is 6.42 Å². The van der Waals surface area contributed by atoms with Crippen LogP contribution < -0.4 is 5.32 Å². The number of hydrogen-bond donors (Lipinski definition) is 1. The van der Waals surface area contributed by atoms with Gasteiger partial charge in [0.2, 0.25) is 5.13 Å². The van der Waals surface area contributed by atoms with Crippen LogP contribution in [0.4, 0.5) is 5.13 Å². The zero-order chi connectivity index (χ0) is 10.6. The third kappa shape index (κ3) is 3.25. The minimum atomic E-state index is 0.456. The quantitative estimate of drug-likeness (QED) is 0.817. The molecule has 1 aromatic heterocycles. The molecular weight excluding hydrogens is 194 g/mol. The fourth-order valence-corrected chi connectivity index (χ4v) is 1.71. The standard InChI is InChI=1S/C10H19N3S/c1-5-6-9-12-10(14-13-9)11-8(4)7(2)3/h7-8H,5-6H2,1-4H3,(H,11,12,13). The molecule has 1 unspecified atom stereocenters. The van der Waals surface area contributed by atoms with Crippen molar-refractivity contribution in [2.45, 2.75) is 46.6 Å². The van der Waals surface area contributed by atoms with Crippen molar-refractivity contribution in [3.63, 3.8) is 0 Å². The molecule has 0 aromatic carbocycles.